The fraction of sp³-hybridized carbons (Fsp3) is 0.429. The van der Waals surface area contributed by atoms with E-state index in [1.807, 2.05) is 0 Å². The van der Waals surface area contributed by atoms with Crippen LogP contribution in [0.1, 0.15) is 40.1 Å². The number of aromatic nitrogens is 1. The minimum absolute atomic E-state index is 0.0101. The highest BCUT2D eigenvalue weighted by Crippen LogP contribution is 2.08. The summed E-state index contributed by atoms with van der Waals surface area (Å²) in [5, 5.41) is 11.2. The van der Waals surface area contributed by atoms with Gasteiger partial charge in [0.25, 0.3) is 5.91 Å². The normalized spacial score (nSPS) is 14.6. The number of carbonyl (C=O) groups excluding carboxylic acids is 2. The van der Waals surface area contributed by atoms with Gasteiger partial charge in [-0.3, -0.25) is 14.6 Å². The lowest BCUT2D eigenvalue weighted by molar-refractivity contribution is -0.130. The van der Waals surface area contributed by atoms with Gasteiger partial charge < -0.3 is 15.3 Å². The molecule has 1 fully saturated rings. The van der Waals surface area contributed by atoms with Crippen LogP contribution in [0.4, 0.5) is 0 Å². The molecule has 0 atom stereocenters. The summed E-state index contributed by atoms with van der Waals surface area (Å²) in [7, 11) is 0. The predicted molar refractivity (Wildman–Crippen MR) is 74.0 cm³/mol. The predicted octanol–water partition coefficient (Wildman–Crippen LogP) is 0.522. The van der Waals surface area contributed by atoms with E-state index in [2.05, 4.69) is 10.3 Å². The van der Waals surface area contributed by atoms with E-state index in [-0.39, 0.29) is 23.7 Å². The molecule has 0 spiro atoms. The summed E-state index contributed by atoms with van der Waals surface area (Å²) in [6.07, 6.45) is 4.25. The third-order valence-electron chi connectivity index (χ3n) is 3.35. The Kier molecular flexibility index (Phi) is 4.86. The second kappa shape index (κ2) is 6.83. The first-order valence-electron chi connectivity index (χ1n) is 6.83. The van der Waals surface area contributed by atoms with Gasteiger partial charge in [0, 0.05) is 19.3 Å². The zero-order valence-electron chi connectivity index (χ0n) is 11.5. The average Bonchev–Trinajstić information content (AvgIpc) is 2.53. The summed E-state index contributed by atoms with van der Waals surface area (Å²) in [5.74, 6) is -1.70. The molecule has 0 aromatic carbocycles. The number of hydrogen-bond acceptors (Lipinski definition) is 4. The Labute approximate surface area is 122 Å². The van der Waals surface area contributed by atoms with Crippen LogP contribution < -0.4 is 5.32 Å². The minimum atomic E-state index is -1.10. The minimum Gasteiger partial charge on any atom is -0.478 e. The molecule has 0 unspecified atom stereocenters. The highest BCUT2D eigenvalue weighted by molar-refractivity contribution is 5.95. The van der Waals surface area contributed by atoms with Crippen molar-refractivity contribution < 1.29 is 19.5 Å². The number of amides is 2. The van der Waals surface area contributed by atoms with E-state index in [4.69, 9.17) is 5.11 Å². The second-order valence-corrected chi connectivity index (χ2v) is 4.86. The van der Waals surface area contributed by atoms with Crippen molar-refractivity contribution in [2.45, 2.75) is 19.3 Å². The van der Waals surface area contributed by atoms with Crippen LogP contribution in [-0.4, -0.2) is 52.4 Å². The molecule has 0 radical (unpaired) electrons. The van der Waals surface area contributed by atoms with Gasteiger partial charge in [0.2, 0.25) is 5.91 Å². The summed E-state index contributed by atoms with van der Waals surface area (Å²) in [4.78, 5) is 39.9. The zero-order valence-corrected chi connectivity index (χ0v) is 11.5. The van der Waals surface area contributed by atoms with E-state index in [1.165, 1.54) is 12.1 Å². The monoisotopic (exact) mass is 291 g/mol. The van der Waals surface area contributed by atoms with Crippen LogP contribution in [0.15, 0.2) is 18.3 Å². The number of hydrogen-bond donors (Lipinski definition) is 2. The molecule has 2 amide bonds. The van der Waals surface area contributed by atoms with Gasteiger partial charge in [-0.1, -0.05) is 0 Å². The highest BCUT2D eigenvalue weighted by Gasteiger charge is 2.17. The standard InChI is InChI=1S/C14H17N3O4/c18-12(17-6-2-1-3-7-17)9-16-13(19)11-5-4-10(8-15-11)14(20)21/h4-5,8H,1-3,6-7,9H2,(H,16,19)(H,20,21). The Morgan fingerprint density at radius 3 is 2.48 bits per heavy atom. The topological polar surface area (TPSA) is 99.6 Å². The zero-order chi connectivity index (χ0) is 15.2. The number of piperidine rings is 1. The number of likely N-dealkylation sites (tertiary alicyclic amines) is 1. The molecule has 21 heavy (non-hydrogen) atoms. The van der Waals surface area contributed by atoms with Gasteiger partial charge in [0.05, 0.1) is 12.1 Å². The molecule has 2 N–H and O–H groups in total. The van der Waals surface area contributed by atoms with Crippen molar-refractivity contribution in [2.24, 2.45) is 0 Å². The summed E-state index contributed by atoms with van der Waals surface area (Å²) in [6.45, 7) is 1.40. The van der Waals surface area contributed by atoms with E-state index >= 15 is 0 Å². The van der Waals surface area contributed by atoms with Crippen molar-refractivity contribution >= 4 is 17.8 Å². The molecular formula is C14H17N3O4. The van der Waals surface area contributed by atoms with E-state index in [9.17, 15) is 14.4 Å². The summed E-state index contributed by atoms with van der Waals surface area (Å²) < 4.78 is 0. The number of pyridine rings is 1. The molecule has 0 saturated carbocycles. The Morgan fingerprint density at radius 1 is 1.19 bits per heavy atom. The Morgan fingerprint density at radius 2 is 1.90 bits per heavy atom. The molecule has 1 saturated heterocycles. The average molecular weight is 291 g/mol. The molecule has 1 aliphatic heterocycles. The molecule has 0 aliphatic carbocycles. The van der Waals surface area contributed by atoms with E-state index in [0.29, 0.717) is 0 Å². The lowest BCUT2D eigenvalue weighted by Gasteiger charge is -2.26. The maximum atomic E-state index is 11.9. The molecule has 0 bridgehead atoms. The van der Waals surface area contributed by atoms with Crippen LogP contribution in [0.3, 0.4) is 0 Å². The van der Waals surface area contributed by atoms with Crippen LogP contribution in [-0.2, 0) is 4.79 Å². The number of nitrogens with one attached hydrogen (secondary N) is 1. The van der Waals surface area contributed by atoms with E-state index in [1.54, 1.807) is 4.90 Å². The van der Waals surface area contributed by atoms with Crippen LogP contribution in [0, 0.1) is 0 Å². The number of carbonyl (C=O) groups is 3. The molecule has 112 valence electrons. The quantitative estimate of drug-likeness (QED) is 0.842. The third kappa shape index (κ3) is 4.01. The molecule has 1 aromatic heterocycles. The molecule has 2 heterocycles. The molecule has 2 rings (SSSR count). The number of aromatic carboxylic acids is 1. The van der Waals surface area contributed by atoms with Crippen molar-refractivity contribution in [3.63, 3.8) is 0 Å². The van der Waals surface area contributed by atoms with Gasteiger partial charge in [0.1, 0.15) is 5.69 Å². The van der Waals surface area contributed by atoms with Crippen molar-refractivity contribution in [3.8, 4) is 0 Å². The number of nitrogens with zero attached hydrogens (tertiary/aromatic N) is 2. The fourth-order valence-corrected chi connectivity index (χ4v) is 2.16. The highest BCUT2D eigenvalue weighted by atomic mass is 16.4. The molecule has 7 heteroatoms. The fourth-order valence-electron chi connectivity index (χ4n) is 2.16. The number of carboxylic acids is 1. The van der Waals surface area contributed by atoms with Crippen molar-refractivity contribution in [3.05, 3.63) is 29.6 Å². The number of carboxylic acid groups (broad SMARTS) is 1. The Hall–Kier alpha value is -2.44. The van der Waals surface area contributed by atoms with Gasteiger partial charge >= 0.3 is 5.97 Å². The van der Waals surface area contributed by atoms with E-state index < -0.39 is 11.9 Å². The van der Waals surface area contributed by atoms with Crippen molar-refractivity contribution in [1.82, 2.24) is 15.2 Å². The first kappa shape index (κ1) is 15.0. The number of rotatable bonds is 4. The van der Waals surface area contributed by atoms with Gasteiger partial charge in [0.15, 0.2) is 0 Å². The van der Waals surface area contributed by atoms with Gasteiger partial charge in [-0.25, -0.2) is 4.79 Å². The van der Waals surface area contributed by atoms with Crippen LogP contribution in [0.2, 0.25) is 0 Å². The molecule has 7 nitrogen and oxygen atoms in total. The van der Waals surface area contributed by atoms with Crippen LogP contribution in [0.5, 0.6) is 0 Å². The first-order chi connectivity index (χ1) is 10.1. The molecule has 1 aromatic rings. The summed E-state index contributed by atoms with van der Waals surface area (Å²) in [5.41, 5.74) is 0.0994. The van der Waals surface area contributed by atoms with Gasteiger partial charge in [-0.05, 0) is 31.4 Å². The van der Waals surface area contributed by atoms with Crippen LogP contribution >= 0.6 is 0 Å². The Balaban J connectivity index is 1.86. The van der Waals surface area contributed by atoms with Gasteiger partial charge in [-0.2, -0.15) is 0 Å². The third-order valence-corrected chi connectivity index (χ3v) is 3.35. The van der Waals surface area contributed by atoms with Crippen molar-refractivity contribution in [1.29, 1.82) is 0 Å². The van der Waals surface area contributed by atoms with Crippen LogP contribution in [0.25, 0.3) is 0 Å². The lowest BCUT2D eigenvalue weighted by atomic mass is 10.1. The largest absolute Gasteiger partial charge is 0.478 e. The van der Waals surface area contributed by atoms with Gasteiger partial charge in [-0.15, -0.1) is 0 Å². The summed E-state index contributed by atoms with van der Waals surface area (Å²) in [6, 6.07) is 2.63. The summed E-state index contributed by atoms with van der Waals surface area (Å²) >= 11 is 0. The van der Waals surface area contributed by atoms with E-state index in [0.717, 1.165) is 38.5 Å². The van der Waals surface area contributed by atoms with Crippen molar-refractivity contribution in [2.75, 3.05) is 19.6 Å². The molecular weight excluding hydrogens is 274 g/mol. The smallest absolute Gasteiger partial charge is 0.337 e. The SMILES string of the molecule is O=C(O)c1ccc(C(=O)NCC(=O)N2CCCCC2)nc1. The maximum Gasteiger partial charge on any atom is 0.337 e. The first-order valence-corrected chi connectivity index (χ1v) is 6.83. The molecule has 1 aliphatic rings. The maximum absolute atomic E-state index is 11.9. The Bertz CT molecular complexity index is 536. The second-order valence-electron chi connectivity index (χ2n) is 4.86. The lowest BCUT2D eigenvalue weighted by Crippen LogP contribution is -2.42.